The van der Waals surface area contributed by atoms with Crippen molar-refractivity contribution in [3.8, 4) is 11.1 Å². The average molecular weight is 599 g/mol. The molecule has 0 fully saturated rings. The lowest BCUT2D eigenvalue weighted by Gasteiger charge is -2.35. The molecule has 1 aliphatic carbocycles. The Bertz CT molecular complexity index is 1430. The van der Waals surface area contributed by atoms with E-state index in [2.05, 4.69) is 10.1 Å². The van der Waals surface area contributed by atoms with Gasteiger partial charge in [0.15, 0.2) is 6.04 Å². The van der Waals surface area contributed by atoms with Crippen LogP contribution in [0.4, 0.5) is 13.2 Å². The zero-order valence-electron chi connectivity index (χ0n) is 23.0. The molecular formula is C31H29F3N2O7. The van der Waals surface area contributed by atoms with E-state index < -0.39 is 48.6 Å². The number of rotatable bonds is 11. The maximum Gasteiger partial charge on any atom is 0.471 e. The molecule has 0 saturated heterocycles. The minimum atomic E-state index is -5.49. The van der Waals surface area contributed by atoms with E-state index >= 15 is 0 Å². The quantitative estimate of drug-likeness (QED) is 0.324. The molecule has 0 heterocycles. The number of alkyl halides is 3. The highest BCUT2D eigenvalue weighted by Gasteiger charge is 2.51. The molecule has 43 heavy (non-hydrogen) atoms. The van der Waals surface area contributed by atoms with E-state index in [4.69, 9.17) is 4.74 Å². The summed E-state index contributed by atoms with van der Waals surface area (Å²) in [6, 6.07) is 18.4. The van der Waals surface area contributed by atoms with Gasteiger partial charge in [-0.3, -0.25) is 14.4 Å². The number of methoxy groups -OCH3 is 1. The number of carbonyl (C=O) groups excluding carboxylic acids is 4. The van der Waals surface area contributed by atoms with Gasteiger partial charge >= 0.3 is 24.0 Å². The smallest absolute Gasteiger partial charge is 0.467 e. The van der Waals surface area contributed by atoms with Gasteiger partial charge in [0, 0.05) is 12.5 Å². The molecule has 3 aromatic rings. The van der Waals surface area contributed by atoms with Gasteiger partial charge in [0.25, 0.3) is 0 Å². The van der Waals surface area contributed by atoms with Crippen molar-refractivity contribution in [2.24, 2.45) is 0 Å². The van der Waals surface area contributed by atoms with Crippen LogP contribution in [0.25, 0.3) is 11.1 Å². The molecule has 2 amide bonds. The fourth-order valence-electron chi connectivity index (χ4n) is 5.14. The van der Waals surface area contributed by atoms with Crippen LogP contribution in [0.2, 0.25) is 0 Å². The molecule has 0 saturated carbocycles. The van der Waals surface area contributed by atoms with Crippen LogP contribution in [0.15, 0.2) is 78.9 Å². The number of ether oxygens (including phenoxy) is 2. The van der Waals surface area contributed by atoms with Crippen molar-refractivity contribution >= 4 is 23.8 Å². The van der Waals surface area contributed by atoms with E-state index in [9.17, 15) is 37.5 Å². The number of aliphatic hydroxyl groups is 1. The number of aliphatic hydroxyl groups excluding tert-OH is 1. The van der Waals surface area contributed by atoms with Crippen LogP contribution in [-0.4, -0.2) is 72.8 Å². The molecule has 4 rings (SSSR count). The third kappa shape index (κ3) is 6.86. The van der Waals surface area contributed by atoms with Gasteiger partial charge in [-0.2, -0.15) is 13.2 Å². The number of nitrogens with zero attached hydrogens (tertiary/aromatic N) is 1. The second kappa shape index (κ2) is 13.5. The molecule has 0 radical (unpaired) electrons. The summed E-state index contributed by atoms with van der Waals surface area (Å²) in [5.41, 5.74) is 4.04. The van der Waals surface area contributed by atoms with Gasteiger partial charge in [-0.1, -0.05) is 78.9 Å². The highest BCUT2D eigenvalue weighted by molar-refractivity contribution is 5.94. The Morgan fingerprint density at radius 1 is 0.907 bits per heavy atom. The van der Waals surface area contributed by atoms with Crippen LogP contribution >= 0.6 is 0 Å². The molecule has 12 heteroatoms. The maximum atomic E-state index is 13.6. The largest absolute Gasteiger partial charge is 0.471 e. The molecule has 9 nitrogen and oxygen atoms in total. The first-order valence-corrected chi connectivity index (χ1v) is 13.3. The Morgan fingerprint density at radius 2 is 1.47 bits per heavy atom. The van der Waals surface area contributed by atoms with Crippen LogP contribution in [0.1, 0.15) is 35.1 Å². The maximum absolute atomic E-state index is 13.6. The van der Waals surface area contributed by atoms with Crippen molar-refractivity contribution in [1.82, 2.24) is 10.2 Å². The predicted octanol–water partition coefficient (Wildman–Crippen LogP) is 3.51. The van der Waals surface area contributed by atoms with Gasteiger partial charge in [0.05, 0.1) is 20.1 Å². The first kappa shape index (κ1) is 31.2. The Labute approximate surface area is 245 Å². The molecule has 2 atom stereocenters. The molecule has 0 spiro atoms. The first-order chi connectivity index (χ1) is 20.6. The van der Waals surface area contributed by atoms with Crippen LogP contribution in [-0.2, 0) is 28.7 Å². The van der Waals surface area contributed by atoms with Crippen LogP contribution in [0, 0.1) is 0 Å². The summed E-state index contributed by atoms with van der Waals surface area (Å²) in [4.78, 5) is 50.7. The lowest BCUT2D eigenvalue weighted by atomic mass is 9.98. The van der Waals surface area contributed by atoms with E-state index in [0.29, 0.717) is 0 Å². The molecule has 0 aliphatic heterocycles. The van der Waals surface area contributed by atoms with Crippen molar-refractivity contribution in [1.29, 1.82) is 0 Å². The van der Waals surface area contributed by atoms with Crippen molar-refractivity contribution in [2.75, 3.05) is 26.9 Å². The zero-order chi connectivity index (χ0) is 31.1. The summed E-state index contributed by atoms with van der Waals surface area (Å²) in [6.07, 6.45) is -5.81. The van der Waals surface area contributed by atoms with Crippen LogP contribution in [0.3, 0.4) is 0 Å². The summed E-state index contributed by atoms with van der Waals surface area (Å²) in [5.74, 6) is -5.85. The van der Waals surface area contributed by atoms with Gasteiger partial charge in [-0.15, -0.1) is 0 Å². The Kier molecular flexibility index (Phi) is 9.81. The number of nitrogens with one attached hydrogen (secondary N) is 1. The number of amides is 2. The predicted molar refractivity (Wildman–Crippen MR) is 147 cm³/mol. The van der Waals surface area contributed by atoms with Gasteiger partial charge in [-0.25, -0.2) is 4.79 Å². The second-order valence-corrected chi connectivity index (χ2v) is 9.70. The third-order valence-corrected chi connectivity index (χ3v) is 7.10. The second-order valence-electron chi connectivity index (χ2n) is 9.70. The summed E-state index contributed by atoms with van der Waals surface area (Å²) < 4.78 is 50.9. The van der Waals surface area contributed by atoms with Crippen LogP contribution < -0.4 is 5.32 Å². The molecule has 2 unspecified atom stereocenters. The minimum absolute atomic E-state index is 0.0403. The van der Waals surface area contributed by atoms with Gasteiger partial charge in [-0.05, 0) is 27.8 Å². The van der Waals surface area contributed by atoms with Gasteiger partial charge in [0.1, 0.15) is 12.6 Å². The number of fused-ring (bicyclic) bond motifs is 3. The highest BCUT2D eigenvalue weighted by Crippen LogP contribution is 2.44. The average Bonchev–Trinajstić information content (AvgIpc) is 3.33. The molecule has 226 valence electrons. The minimum Gasteiger partial charge on any atom is -0.467 e. The topological polar surface area (TPSA) is 122 Å². The van der Waals surface area contributed by atoms with Crippen molar-refractivity contribution in [3.63, 3.8) is 0 Å². The van der Waals surface area contributed by atoms with Crippen molar-refractivity contribution in [3.05, 3.63) is 95.6 Å². The van der Waals surface area contributed by atoms with E-state index in [-0.39, 0.29) is 36.0 Å². The zero-order valence-corrected chi connectivity index (χ0v) is 23.0. The highest BCUT2D eigenvalue weighted by atomic mass is 19.4. The Hall–Kier alpha value is -4.71. The fourth-order valence-corrected chi connectivity index (χ4v) is 5.14. The fraction of sp³-hybridized carbons (Fsp3) is 0.290. The van der Waals surface area contributed by atoms with Crippen molar-refractivity contribution in [2.45, 2.75) is 30.6 Å². The molecule has 2 N–H and O–H groups in total. The SMILES string of the molecule is COC(=O)C(CO)N(C(=O)C(F)(F)F)C(C(=O)NCCC(=O)OCC1c2ccccc2-c2ccccc21)c1ccccc1. The van der Waals surface area contributed by atoms with Gasteiger partial charge < -0.3 is 24.8 Å². The number of benzene rings is 3. The number of esters is 2. The third-order valence-electron chi connectivity index (χ3n) is 7.10. The lowest BCUT2D eigenvalue weighted by molar-refractivity contribution is -0.194. The molecule has 1 aliphatic rings. The molecule has 0 aromatic heterocycles. The molecule has 3 aromatic carbocycles. The van der Waals surface area contributed by atoms with E-state index in [1.165, 1.54) is 30.3 Å². The number of hydrogen-bond donors (Lipinski definition) is 2. The molecular weight excluding hydrogens is 569 g/mol. The number of hydrogen-bond acceptors (Lipinski definition) is 7. The molecule has 0 bridgehead atoms. The Morgan fingerprint density at radius 3 is 2.00 bits per heavy atom. The van der Waals surface area contributed by atoms with E-state index in [0.717, 1.165) is 29.4 Å². The van der Waals surface area contributed by atoms with Crippen LogP contribution in [0.5, 0.6) is 0 Å². The summed E-state index contributed by atoms with van der Waals surface area (Å²) in [6.45, 7) is -1.54. The van der Waals surface area contributed by atoms with E-state index in [1.807, 2.05) is 48.5 Å². The van der Waals surface area contributed by atoms with Crippen molar-refractivity contribution < 1.29 is 46.9 Å². The standard InChI is InChI=1S/C31H29F3N2O7/c1-42-29(40)25(17-37)36(30(41)31(32,33)34)27(19-9-3-2-4-10-19)28(39)35-16-15-26(38)43-18-24-22-13-7-5-11-20(22)21-12-6-8-14-23(21)24/h2-14,24-25,27,37H,15-18H2,1H3,(H,35,39). The number of halogens is 3. The first-order valence-electron chi connectivity index (χ1n) is 13.3. The number of carbonyl (C=O) groups is 4. The normalized spacial score (nSPS) is 13.7. The lowest BCUT2D eigenvalue weighted by Crippen LogP contribution is -2.57. The van der Waals surface area contributed by atoms with Gasteiger partial charge in [0.2, 0.25) is 5.91 Å². The monoisotopic (exact) mass is 598 g/mol. The summed E-state index contributed by atoms with van der Waals surface area (Å²) >= 11 is 0. The van der Waals surface area contributed by atoms with E-state index in [1.54, 1.807) is 0 Å². The summed E-state index contributed by atoms with van der Waals surface area (Å²) in [5, 5.41) is 12.1. The summed E-state index contributed by atoms with van der Waals surface area (Å²) in [7, 11) is 0.868. The Balaban J connectivity index is 1.47.